The van der Waals surface area contributed by atoms with E-state index in [0.717, 1.165) is 21.5 Å². The van der Waals surface area contributed by atoms with Gasteiger partial charge in [-0.3, -0.25) is 4.79 Å². The lowest BCUT2D eigenvalue weighted by Crippen LogP contribution is -2.25. The third-order valence-electron chi connectivity index (χ3n) is 3.86. The van der Waals surface area contributed by atoms with Crippen LogP contribution in [0.15, 0.2) is 46.5 Å². The van der Waals surface area contributed by atoms with E-state index in [2.05, 4.69) is 53.3 Å². The van der Waals surface area contributed by atoms with Crippen molar-refractivity contribution in [3.05, 3.63) is 57.1 Å². The maximum absolute atomic E-state index is 11.7. The molecule has 23 heavy (non-hydrogen) atoms. The second-order valence-electron chi connectivity index (χ2n) is 6.57. The molecule has 1 aliphatic rings. The first kappa shape index (κ1) is 18.3. The molecule has 0 bridgehead atoms. The Balaban J connectivity index is 1.87. The minimum absolute atomic E-state index is 0.0187. The van der Waals surface area contributed by atoms with Crippen molar-refractivity contribution in [3.63, 3.8) is 0 Å². The van der Waals surface area contributed by atoms with Gasteiger partial charge in [-0.1, -0.05) is 43.7 Å². The van der Waals surface area contributed by atoms with Crippen LogP contribution in [0.3, 0.4) is 0 Å². The molecule has 0 radical (unpaired) electrons. The van der Waals surface area contributed by atoms with Gasteiger partial charge in [-0.05, 0) is 70.3 Å². The third-order valence-corrected chi connectivity index (χ3v) is 5.08. The minimum Gasteiger partial charge on any atom is -0.352 e. The third kappa shape index (κ3) is 5.82. The monoisotopic (exact) mass is 395 g/mol. The maximum atomic E-state index is 11.7. The molecule has 1 N–H and O–H groups in total. The van der Waals surface area contributed by atoms with Gasteiger partial charge >= 0.3 is 0 Å². The van der Waals surface area contributed by atoms with E-state index in [1.807, 2.05) is 19.1 Å². The van der Waals surface area contributed by atoms with Crippen LogP contribution in [0.4, 0.5) is 0 Å². The summed E-state index contributed by atoms with van der Waals surface area (Å²) < 4.78 is 0.948. The van der Waals surface area contributed by atoms with Gasteiger partial charge in [0.1, 0.15) is 0 Å². The molecule has 1 aromatic carbocycles. The molecule has 0 aliphatic heterocycles. The predicted octanol–water partition coefficient (Wildman–Crippen LogP) is 5.48. The summed E-state index contributed by atoms with van der Waals surface area (Å²) in [6.45, 7) is 6.84. The molecule has 2 rings (SSSR count). The quantitative estimate of drug-likeness (QED) is 0.500. The minimum atomic E-state index is -0.0187. The smallest absolute Gasteiger partial charge is 0.244 e. The van der Waals surface area contributed by atoms with Crippen molar-refractivity contribution >= 4 is 33.4 Å². The summed E-state index contributed by atoms with van der Waals surface area (Å²) in [7, 11) is 0. The Bertz CT molecular complexity index is 636. The molecular weight excluding hydrogens is 374 g/mol. The molecule has 0 spiro atoms. The number of hydrogen-bond donors (Lipinski definition) is 1. The van der Waals surface area contributed by atoms with Crippen molar-refractivity contribution < 1.29 is 4.79 Å². The van der Waals surface area contributed by atoms with Gasteiger partial charge in [0.2, 0.25) is 5.91 Å². The van der Waals surface area contributed by atoms with Crippen molar-refractivity contribution in [2.75, 3.05) is 6.54 Å². The average molecular weight is 397 g/mol. The molecule has 0 saturated heterocycles. The Morgan fingerprint density at radius 2 is 2.22 bits per heavy atom. The Labute approximate surface area is 152 Å². The van der Waals surface area contributed by atoms with Crippen LogP contribution in [-0.4, -0.2) is 12.5 Å². The molecule has 0 heterocycles. The van der Waals surface area contributed by atoms with E-state index in [1.165, 1.54) is 5.56 Å². The van der Waals surface area contributed by atoms with Crippen LogP contribution in [0.5, 0.6) is 0 Å². The number of amides is 1. The van der Waals surface area contributed by atoms with Gasteiger partial charge in [-0.2, -0.15) is 0 Å². The van der Waals surface area contributed by atoms with E-state index >= 15 is 0 Å². The highest BCUT2D eigenvalue weighted by molar-refractivity contribution is 9.10. The van der Waals surface area contributed by atoms with Crippen LogP contribution in [0, 0.1) is 11.8 Å². The zero-order valence-corrected chi connectivity index (χ0v) is 16.1. The standard InChI is InChI=1S/C19H23BrClNO/c1-12(2)11-22-19(23)8-13(3)4-5-14-9-16(14)15-6-7-18(21)17(20)10-15/h4-8,10,12,14,16H,9,11H2,1-3H3,(H,22,23)/t14-,16-/m1/s1. The van der Waals surface area contributed by atoms with Crippen LogP contribution in [0.2, 0.25) is 5.02 Å². The molecule has 2 atom stereocenters. The van der Waals surface area contributed by atoms with Crippen molar-refractivity contribution in [3.8, 4) is 0 Å². The molecule has 0 unspecified atom stereocenters. The van der Waals surface area contributed by atoms with Gasteiger partial charge < -0.3 is 5.32 Å². The lowest BCUT2D eigenvalue weighted by atomic mass is 10.1. The second-order valence-corrected chi connectivity index (χ2v) is 7.83. The van der Waals surface area contributed by atoms with E-state index in [-0.39, 0.29) is 5.91 Å². The summed E-state index contributed by atoms with van der Waals surface area (Å²) in [4.78, 5) is 11.7. The number of carbonyl (C=O) groups is 1. The summed E-state index contributed by atoms with van der Waals surface area (Å²) in [5.74, 6) is 1.55. The van der Waals surface area contributed by atoms with Gasteiger partial charge in [0, 0.05) is 17.1 Å². The summed E-state index contributed by atoms with van der Waals surface area (Å²) in [5, 5.41) is 3.64. The Morgan fingerprint density at radius 1 is 1.48 bits per heavy atom. The molecule has 1 amide bonds. The number of halogens is 2. The Hall–Kier alpha value is -1.06. The van der Waals surface area contributed by atoms with Gasteiger partial charge in [-0.25, -0.2) is 0 Å². The molecule has 1 saturated carbocycles. The number of hydrogen-bond acceptors (Lipinski definition) is 1. The number of carbonyl (C=O) groups excluding carboxylic acids is 1. The Kier molecular flexibility index (Phi) is 6.49. The highest BCUT2D eigenvalue weighted by Crippen LogP contribution is 2.49. The van der Waals surface area contributed by atoms with Crippen molar-refractivity contribution in [2.24, 2.45) is 11.8 Å². The highest BCUT2D eigenvalue weighted by Gasteiger charge is 2.36. The fraction of sp³-hybridized carbons (Fsp3) is 0.421. The molecule has 1 aromatic rings. The molecule has 124 valence electrons. The van der Waals surface area contributed by atoms with Crippen LogP contribution >= 0.6 is 27.5 Å². The van der Waals surface area contributed by atoms with Crippen LogP contribution < -0.4 is 5.32 Å². The molecular formula is C19H23BrClNO. The van der Waals surface area contributed by atoms with Crippen molar-refractivity contribution in [1.29, 1.82) is 0 Å². The van der Waals surface area contributed by atoms with Crippen molar-refractivity contribution in [2.45, 2.75) is 33.1 Å². The first-order valence-corrected chi connectivity index (χ1v) is 9.13. The summed E-state index contributed by atoms with van der Waals surface area (Å²) in [6, 6.07) is 6.13. The number of nitrogens with one attached hydrogen (secondary N) is 1. The predicted molar refractivity (Wildman–Crippen MR) is 101 cm³/mol. The van der Waals surface area contributed by atoms with Gasteiger partial charge in [-0.15, -0.1) is 0 Å². The molecule has 1 aliphatic carbocycles. The lowest BCUT2D eigenvalue weighted by Gasteiger charge is -2.04. The van der Waals surface area contributed by atoms with Crippen molar-refractivity contribution in [1.82, 2.24) is 5.32 Å². The summed E-state index contributed by atoms with van der Waals surface area (Å²) in [6.07, 6.45) is 7.06. The average Bonchev–Trinajstić information content (AvgIpc) is 3.25. The van der Waals surface area contributed by atoms with E-state index in [9.17, 15) is 4.79 Å². The lowest BCUT2D eigenvalue weighted by molar-refractivity contribution is -0.116. The summed E-state index contributed by atoms with van der Waals surface area (Å²) in [5.41, 5.74) is 2.29. The summed E-state index contributed by atoms with van der Waals surface area (Å²) >= 11 is 9.50. The van der Waals surface area contributed by atoms with Gasteiger partial charge in [0.15, 0.2) is 0 Å². The van der Waals surface area contributed by atoms with Crippen LogP contribution in [-0.2, 0) is 4.79 Å². The molecule has 0 aromatic heterocycles. The van der Waals surface area contributed by atoms with E-state index in [4.69, 9.17) is 11.6 Å². The van der Waals surface area contributed by atoms with E-state index in [0.29, 0.717) is 24.3 Å². The van der Waals surface area contributed by atoms with Gasteiger partial charge in [0.05, 0.1) is 5.02 Å². The topological polar surface area (TPSA) is 29.1 Å². The molecule has 1 fully saturated rings. The van der Waals surface area contributed by atoms with Crippen LogP contribution in [0.1, 0.15) is 38.7 Å². The largest absolute Gasteiger partial charge is 0.352 e. The van der Waals surface area contributed by atoms with Gasteiger partial charge in [0.25, 0.3) is 0 Å². The fourth-order valence-electron chi connectivity index (χ4n) is 2.44. The number of rotatable bonds is 6. The number of allylic oxidation sites excluding steroid dienone is 3. The first-order valence-electron chi connectivity index (χ1n) is 7.96. The molecule has 2 nitrogen and oxygen atoms in total. The zero-order valence-electron chi connectivity index (χ0n) is 13.8. The first-order chi connectivity index (χ1) is 10.9. The fourth-order valence-corrected chi connectivity index (χ4v) is 2.95. The molecule has 4 heteroatoms. The zero-order chi connectivity index (χ0) is 17.0. The maximum Gasteiger partial charge on any atom is 0.244 e. The highest BCUT2D eigenvalue weighted by atomic mass is 79.9. The normalized spacial score (nSPS) is 21.0. The van der Waals surface area contributed by atoms with E-state index in [1.54, 1.807) is 6.08 Å². The Morgan fingerprint density at radius 3 is 2.87 bits per heavy atom. The van der Waals surface area contributed by atoms with E-state index < -0.39 is 0 Å². The SMILES string of the molecule is CC(C=C[C@@H]1C[C@H]1c1ccc(Cl)c(Br)c1)=CC(=O)NCC(C)C. The second kappa shape index (κ2) is 8.16. The number of benzene rings is 1. The van der Waals surface area contributed by atoms with Crippen LogP contribution in [0.25, 0.3) is 0 Å².